The van der Waals surface area contributed by atoms with Crippen LogP contribution in [0, 0.1) is 0 Å². The molecule has 0 aliphatic carbocycles. The van der Waals surface area contributed by atoms with Gasteiger partial charge in [-0.15, -0.1) is 0 Å². The fourth-order valence-electron chi connectivity index (χ4n) is 2.37. The molecule has 3 nitrogen and oxygen atoms in total. The van der Waals surface area contributed by atoms with E-state index in [4.69, 9.17) is 0 Å². The molecule has 0 aromatic carbocycles. The first kappa shape index (κ1) is 17.9. The number of nitrogens with zero attached hydrogens (tertiary/aromatic N) is 2. The average molecular weight is 305 g/mol. The number of alkyl halides is 3. The third kappa shape index (κ3) is 5.98. The Morgan fingerprint density at radius 3 is 2.29 bits per heavy atom. The molecule has 1 aromatic rings. The quantitative estimate of drug-likeness (QED) is 0.686. The van der Waals surface area contributed by atoms with Crippen LogP contribution >= 0.6 is 0 Å². The van der Waals surface area contributed by atoms with Gasteiger partial charge < -0.3 is 5.32 Å². The third-order valence-electron chi connectivity index (χ3n) is 3.54. The van der Waals surface area contributed by atoms with Gasteiger partial charge in [0.05, 0.1) is 0 Å². The summed E-state index contributed by atoms with van der Waals surface area (Å²) in [5, 5.41) is 7.02. The highest BCUT2D eigenvalue weighted by Crippen LogP contribution is 2.31. The van der Waals surface area contributed by atoms with Crippen LogP contribution in [0.4, 0.5) is 19.0 Å². The summed E-state index contributed by atoms with van der Waals surface area (Å²) in [6.07, 6.45) is 2.43. The maximum absolute atomic E-state index is 12.7. The zero-order valence-electron chi connectivity index (χ0n) is 13.3. The van der Waals surface area contributed by atoms with Crippen molar-refractivity contribution < 1.29 is 13.2 Å². The van der Waals surface area contributed by atoms with Crippen LogP contribution in [0.3, 0.4) is 0 Å². The van der Waals surface area contributed by atoms with Crippen molar-refractivity contribution in [3.63, 3.8) is 0 Å². The number of hydrogen-bond donors (Lipinski definition) is 1. The van der Waals surface area contributed by atoms with Crippen LogP contribution in [0.5, 0.6) is 0 Å². The van der Waals surface area contributed by atoms with E-state index in [-0.39, 0.29) is 11.4 Å². The minimum atomic E-state index is -4.37. The molecule has 122 valence electrons. The van der Waals surface area contributed by atoms with Gasteiger partial charge in [0.25, 0.3) is 0 Å². The highest BCUT2D eigenvalue weighted by atomic mass is 19.4. The average Bonchev–Trinajstić information content (AvgIpc) is 2.68. The highest BCUT2D eigenvalue weighted by Gasteiger charge is 2.35. The molecule has 0 amide bonds. The van der Waals surface area contributed by atoms with E-state index in [1.54, 1.807) is 0 Å². The largest absolute Gasteiger partial charge is 0.433 e. The van der Waals surface area contributed by atoms with Gasteiger partial charge in [-0.2, -0.15) is 18.3 Å². The number of aryl methyl sites for hydroxylation is 1. The lowest BCUT2D eigenvalue weighted by Crippen LogP contribution is -2.30. The molecule has 0 bridgehead atoms. The zero-order chi connectivity index (χ0) is 16.1. The molecule has 1 rings (SSSR count). The van der Waals surface area contributed by atoms with E-state index in [9.17, 15) is 13.2 Å². The Morgan fingerprint density at radius 2 is 1.76 bits per heavy atom. The molecule has 0 saturated heterocycles. The Bertz CT molecular complexity index is 436. The lowest BCUT2D eigenvalue weighted by molar-refractivity contribution is -0.143. The van der Waals surface area contributed by atoms with Crippen LogP contribution < -0.4 is 5.32 Å². The second-order valence-electron chi connectivity index (χ2n) is 6.21. The van der Waals surface area contributed by atoms with E-state index >= 15 is 0 Å². The van der Waals surface area contributed by atoms with Gasteiger partial charge in [-0.25, -0.2) is 0 Å². The van der Waals surface area contributed by atoms with Crippen molar-refractivity contribution >= 4 is 5.82 Å². The van der Waals surface area contributed by atoms with Crippen molar-refractivity contribution in [2.24, 2.45) is 7.05 Å². The number of unbranched alkanes of at least 4 members (excludes halogenated alkanes) is 4. The van der Waals surface area contributed by atoms with Crippen molar-refractivity contribution in [1.29, 1.82) is 0 Å². The van der Waals surface area contributed by atoms with E-state index in [1.807, 2.05) is 13.8 Å². The van der Waals surface area contributed by atoms with Crippen molar-refractivity contribution in [2.75, 3.05) is 5.32 Å². The Morgan fingerprint density at radius 1 is 1.14 bits per heavy atom. The summed E-state index contributed by atoms with van der Waals surface area (Å²) in [4.78, 5) is 0. The first-order chi connectivity index (χ1) is 9.65. The second kappa shape index (κ2) is 7.18. The van der Waals surface area contributed by atoms with Crippen LogP contribution in [0.1, 0.15) is 65.0 Å². The highest BCUT2D eigenvalue weighted by molar-refractivity contribution is 5.39. The van der Waals surface area contributed by atoms with Crippen molar-refractivity contribution in [1.82, 2.24) is 9.78 Å². The molecule has 0 spiro atoms. The van der Waals surface area contributed by atoms with E-state index in [2.05, 4.69) is 17.3 Å². The minimum Gasteiger partial charge on any atom is -0.364 e. The summed E-state index contributed by atoms with van der Waals surface area (Å²) in [7, 11) is 1.31. The molecule has 0 aliphatic rings. The predicted molar refractivity (Wildman–Crippen MR) is 79.3 cm³/mol. The smallest absolute Gasteiger partial charge is 0.364 e. The van der Waals surface area contributed by atoms with E-state index < -0.39 is 11.9 Å². The molecule has 1 aromatic heterocycles. The summed E-state index contributed by atoms with van der Waals surface area (Å²) >= 11 is 0. The van der Waals surface area contributed by atoms with E-state index in [0.29, 0.717) is 0 Å². The predicted octanol–water partition coefficient (Wildman–Crippen LogP) is 4.99. The molecule has 1 heterocycles. The van der Waals surface area contributed by atoms with Crippen LogP contribution in [-0.4, -0.2) is 15.3 Å². The zero-order valence-corrected chi connectivity index (χ0v) is 13.3. The fourth-order valence-corrected chi connectivity index (χ4v) is 2.37. The fraction of sp³-hybridized carbons (Fsp3) is 0.800. The lowest BCUT2D eigenvalue weighted by Gasteiger charge is -2.26. The monoisotopic (exact) mass is 305 g/mol. The summed E-state index contributed by atoms with van der Waals surface area (Å²) in [6, 6.07) is 1.07. The van der Waals surface area contributed by atoms with Crippen molar-refractivity contribution in [3.8, 4) is 0 Å². The van der Waals surface area contributed by atoms with Crippen molar-refractivity contribution in [2.45, 2.75) is 71.0 Å². The van der Waals surface area contributed by atoms with Gasteiger partial charge in [-0.3, -0.25) is 4.68 Å². The van der Waals surface area contributed by atoms with Gasteiger partial charge in [0, 0.05) is 18.7 Å². The topological polar surface area (TPSA) is 29.9 Å². The van der Waals surface area contributed by atoms with Crippen LogP contribution in [0.15, 0.2) is 6.07 Å². The van der Waals surface area contributed by atoms with Gasteiger partial charge in [0.1, 0.15) is 11.5 Å². The summed E-state index contributed by atoms with van der Waals surface area (Å²) in [5.74, 6) is 0.281. The molecule has 0 unspecified atom stereocenters. The Kier molecular flexibility index (Phi) is 6.10. The van der Waals surface area contributed by atoms with Gasteiger partial charge in [0.15, 0.2) is 0 Å². The summed E-state index contributed by atoms with van der Waals surface area (Å²) in [6.45, 7) is 6.16. The molecule has 0 fully saturated rings. The Hall–Kier alpha value is -1.20. The van der Waals surface area contributed by atoms with Gasteiger partial charge in [-0.1, -0.05) is 39.0 Å². The number of rotatable bonds is 8. The number of anilines is 1. The molecule has 0 aliphatic heterocycles. The number of aromatic nitrogens is 2. The SMILES string of the molecule is CCCCCCCC(C)(C)Nc1cc(C(F)(F)F)n(C)n1. The number of hydrogen-bond acceptors (Lipinski definition) is 2. The van der Waals surface area contributed by atoms with Crippen LogP contribution in [-0.2, 0) is 13.2 Å². The Labute approximate surface area is 124 Å². The normalized spacial score (nSPS) is 12.7. The molecule has 6 heteroatoms. The second-order valence-corrected chi connectivity index (χ2v) is 6.21. The van der Waals surface area contributed by atoms with Gasteiger partial charge in [-0.05, 0) is 20.3 Å². The minimum absolute atomic E-state index is 0.260. The van der Waals surface area contributed by atoms with E-state index in [1.165, 1.54) is 26.3 Å². The molecule has 0 radical (unpaired) electrons. The number of nitrogens with one attached hydrogen (secondary N) is 1. The molecule has 1 N–H and O–H groups in total. The summed E-state index contributed by atoms with van der Waals surface area (Å²) in [5.41, 5.74) is -0.993. The first-order valence-corrected chi connectivity index (χ1v) is 7.55. The molecular weight excluding hydrogens is 279 g/mol. The van der Waals surface area contributed by atoms with Crippen LogP contribution in [0.2, 0.25) is 0 Å². The maximum atomic E-state index is 12.7. The summed E-state index contributed by atoms with van der Waals surface area (Å²) < 4.78 is 39.1. The first-order valence-electron chi connectivity index (χ1n) is 7.55. The van der Waals surface area contributed by atoms with Gasteiger partial charge in [0.2, 0.25) is 0 Å². The van der Waals surface area contributed by atoms with Crippen LogP contribution in [0.25, 0.3) is 0 Å². The van der Waals surface area contributed by atoms with Gasteiger partial charge >= 0.3 is 6.18 Å². The Balaban J connectivity index is 2.55. The van der Waals surface area contributed by atoms with Crippen molar-refractivity contribution in [3.05, 3.63) is 11.8 Å². The molecule has 21 heavy (non-hydrogen) atoms. The standard InChI is InChI=1S/C15H26F3N3/c1-5-6-7-8-9-10-14(2,3)19-13-11-12(15(16,17)18)21(4)20-13/h11H,5-10H2,1-4H3,(H,19,20). The maximum Gasteiger partial charge on any atom is 0.433 e. The molecule has 0 saturated carbocycles. The number of halogens is 3. The third-order valence-corrected chi connectivity index (χ3v) is 3.54. The van der Waals surface area contributed by atoms with E-state index in [0.717, 1.165) is 30.0 Å². The molecule has 0 atom stereocenters. The lowest BCUT2D eigenvalue weighted by atomic mass is 9.96. The molecular formula is C15H26F3N3.